The fourth-order valence-corrected chi connectivity index (χ4v) is 2.49. The summed E-state index contributed by atoms with van der Waals surface area (Å²) in [6, 6.07) is 10.9. The molecule has 2 N–H and O–H groups in total. The molecule has 1 aliphatic heterocycles. The van der Waals surface area contributed by atoms with Crippen LogP contribution in [0.15, 0.2) is 47.1 Å². The summed E-state index contributed by atoms with van der Waals surface area (Å²) in [6.45, 7) is 2.57. The summed E-state index contributed by atoms with van der Waals surface area (Å²) in [5, 5.41) is 6.11. The van der Waals surface area contributed by atoms with Crippen molar-refractivity contribution in [3.8, 4) is 11.6 Å². The quantitative estimate of drug-likeness (QED) is 0.756. The van der Waals surface area contributed by atoms with Crippen LogP contribution in [0.4, 0.5) is 0 Å². The molecule has 1 saturated heterocycles. The molecule has 2 heterocycles. The zero-order valence-electron chi connectivity index (χ0n) is 12.7. The third-order valence-electron chi connectivity index (χ3n) is 3.44. The van der Waals surface area contributed by atoms with Gasteiger partial charge in [-0.2, -0.15) is 0 Å². The van der Waals surface area contributed by atoms with E-state index in [0.29, 0.717) is 29.7 Å². The second-order valence-electron chi connectivity index (χ2n) is 5.15. The molecule has 1 aromatic heterocycles. The van der Waals surface area contributed by atoms with Crippen molar-refractivity contribution >= 4 is 46.7 Å². The first-order chi connectivity index (χ1) is 10.7. The molecule has 0 aliphatic carbocycles. The van der Waals surface area contributed by atoms with E-state index in [1.807, 2.05) is 24.3 Å². The molecule has 0 unspecified atom stereocenters. The lowest BCUT2D eigenvalue weighted by Crippen LogP contribution is -2.48. The van der Waals surface area contributed by atoms with Gasteiger partial charge in [0.05, 0.1) is 0 Å². The van der Waals surface area contributed by atoms with Gasteiger partial charge in [0.2, 0.25) is 5.88 Å². The van der Waals surface area contributed by atoms with Gasteiger partial charge in [-0.1, -0.05) is 22.0 Å². The van der Waals surface area contributed by atoms with Gasteiger partial charge in [0.15, 0.2) is 0 Å². The fraction of sp³-hybridized carbons (Fsp3) is 0.250. The van der Waals surface area contributed by atoms with Crippen LogP contribution < -0.4 is 15.4 Å². The molecule has 24 heavy (non-hydrogen) atoms. The molecule has 5 nitrogen and oxygen atoms in total. The Morgan fingerprint density at radius 1 is 1.29 bits per heavy atom. The summed E-state index contributed by atoms with van der Waals surface area (Å²) in [4.78, 5) is 16.5. The van der Waals surface area contributed by atoms with Crippen molar-refractivity contribution in [3.05, 3.63) is 52.6 Å². The van der Waals surface area contributed by atoms with E-state index in [1.165, 1.54) is 0 Å². The monoisotopic (exact) mass is 433 g/mol. The maximum absolute atomic E-state index is 12.3. The largest absolute Gasteiger partial charge is 0.438 e. The molecular weight excluding hydrogens is 417 g/mol. The van der Waals surface area contributed by atoms with Crippen molar-refractivity contribution in [2.45, 2.75) is 0 Å². The molecule has 0 atom stereocenters. The van der Waals surface area contributed by atoms with Gasteiger partial charge in [0.25, 0.3) is 5.91 Å². The van der Waals surface area contributed by atoms with Crippen LogP contribution in [-0.4, -0.2) is 30.5 Å². The minimum absolute atomic E-state index is 0. The van der Waals surface area contributed by atoms with Crippen LogP contribution in [0.2, 0.25) is 0 Å². The van der Waals surface area contributed by atoms with Crippen molar-refractivity contribution < 1.29 is 9.53 Å². The summed E-state index contributed by atoms with van der Waals surface area (Å²) >= 11 is 3.39. The van der Waals surface area contributed by atoms with E-state index in [9.17, 15) is 4.79 Å². The number of benzene rings is 1. The zero-order chi connectivity index (χ0) is 15.4. The normalized spacial score (nSPS) is 13.0. The Hall–Kier alpha value is -1.34. The van der Waals surface area contributed by atoms with Gasteiger partial charge in [-0.3, -0.25) is 4.79 Å². The van der Waals surface area contributed by atoms with Gasteiger partial charge in [-0.25, -0.2) is 4.98 Å². The van der Waals surface area contributed by atoms with E-state index in [-0.39, 0.29) is 30.7 Å². The van der Waals surface area contributed by atoms with Gasteiger partial charge in [0, 0.05) is 36.2 Å². The van der Waals surface area contributed by atoms with E-state index < -0.39 is 0 Å². The van der Waals surface area contributed by atoms with Crippen molar-refractivity contribution in [3.63, 3.8) is 0 Å². The van der Waals surface area contributed by atoms with E-state index in [1.54, 1.807) is 18.3 Å². The summed E-state index contributed by atoms with van der Waals surface area (Å²) in [6.07, 6.45) is 1.61. The zero-order valence-corrected chi connectivity index (χ0v) is 15.9. The number of nitrogens with one attached hydrogen (secondary N) is 2. The van der Waals surface area contributed by atoms with Crippen LogP contribution in [0.25, 0.3) is 0 Å². The highest BCUT2D eigenvalue weighted by atomic mass is 79.9. The third-order valence-corrected chi connectivity index (χ3v) is 3.94. The molecule has 0 spiro atoms. The number of halogens is 3. The van der Waals surface area contributed by atoms with Crippen LogP contribution in [0.1, 0.15) is 10.4 Å². The molecule has 1 aliphatic rings. The predicted molar refractivity (Wildman–Crippen MR) is 102 cm³/mol. The molecule has 1 fully saturated rings. The molecule has 130 valence electrons. The molecular formula is C16H18BrCl2N3O2. The SMILES string of the molecule is Cl.Cl.O=C(NCC1CNC1)c1cccnc1Oc1cccc(Br)c1. The topological polar surface area (TPSA) is 63.2 Å². The number of hydrogen-bond donors (Lipinski definition) is 2. The van der Waals surface area contributed by atoms with Gasteiger partial charge < -0.3 is 15.4 Å². The summed E-state index contributed by atoms with van der Waals surface area (Å²) in [7, 11) is 0. The lowest BCUT2D eigenvalue weighted by Gasteiger charge is -2.27. The number of pyridine rings is 1. The Labute approximate surface area is 161 Å². The Kier molecular flexibility index (Phi) is 8.48. The van der Waals surface area contributed by atoms with E-state index in [0.717, 1.165) is 17.6 Å². The number of rotatable bonds is 5. The second kappa shape index (κ2) is 9.84. The maximum Gasteiger partial charge on any atom is 0.256 e. The Bertz CT molecular complexity index is 684. The van der Waals surface area contributed by atoms with Crippen LogP contribution in [0, 0.1) is 5.92 Å². The summed E-state index contributed by atoms with van der Waals surface area (Å²) < 4.78 is 6.65. The standard InChI is InChI=1S/C16H16BrN3O2.2ClH/c17-12-3-1-4-13(7-12)22-16-14(5-2-6-19-16)15(21)20-10-11-8-18-9-11;;/h1-7,11,18H,8-10H2,(H,20,21);2*1H. The molecule has 0 bridgehead atoms. The van der Waals surface area contributed by atoms with E-state index in [2.05, 4.69) is 31.5 Å². The van der Waals surface area contributed by atoms with Gasteiger partial charge in [-0.15, -0.1) is 24.8 Å². The minimum atomic E-state index is -0.162. The number of carbonyl (C=O) groups is 1. The molecule has 3 rings (SSSR count). The van der Waals surface area contributed by atoms with Gasteiger partial charge in [0.1, 0.15) is 11.3 Å². The maximum atomic E-state index is 12.3. The van der Waals surface area contributed by atoms with Crippen LogP contribution >= 0.6 is 40.7 Å². The highest BCUT2D eigenvalue weighted by Crippen LogP contribution is 2.25. The van der Waals surface area contributed by atoms with Crippen LogP contribution in [-0.2, 0) is 0 Å². The second-order valence-corrected chi connectivity index (χ2v) is 6.07. The van der Waals surface area contributed by atoms with Crippen molar-refractivity contribution in [1.82, 2.24) is 15.6 Å². The first-order valence-corrected chi connectivity index (χ1v) is 7.89. The number of nitrogens with zero attached hydrogens (tertiary/aromatic N) is 1. The van der Waals surface area contributed by atoms with Gasteiger partial charge in [-0.05, 0) is 30.3 Å². The van der Waals surface area contributed by atoms with Crippen molar-refractivity contribution in [2.75, 3.05) is 19.6 Å². The Morgan fingerprint density at radius 2 is 2.08 bits per heavy atom. The Balaban J connectivity index is 0.00000144. The number of hydrogen-bond acceptors (Lipinski definition) is 4. The Morgan fingerprint density at radius 3 is 2.75 bits per heavy atom. The highest BCUT2D eigenvalue weighted by molar-refractivity contribution is 9.10. The number of carbonyl (C=O) groups excluding carboxylic acids is 1. The third kappa shape index (κ3) is 5.34. The minimum Gasteiger partial charge on any atom is -0.438 e. The molecule has 1 aromatic carbocycles. The molecule has 0 saturated carbocycles. The van der Waals surface area contributed by atoms with Crippen LogP contribution in [0.3, 0.4) is 0 Å². The lowest BCUT2D eigenvalue weighted by molar-refractivity contribution is 0.0939. The van der Waals surface area contributed by atoms with Crippen molar-refractivity contribution in [1.29, 1.82) is 0 Å². The van der Waals surface area contributed by atoms with E-state index >= 15 is 0 Å². The van der Waals surface area contributed by atoms with Crippen molar-refractivity contribution in [2.24, 2.45) is 5.92 Å². The van der Waals surface area contributed by atoms with E-state index in [4.69, 9.17) is 4.74 Å². The lowest BCUT2D eigenvalue weighted by atomic mass is 10.0. The molecule has 0 radical (unpaired) electrons. The summed E-state index contributed by atoms with van der Waals surface area (Å²) in [5.41, 5.74) is 0.440. The average molecular weight is 435 g/mol. The smallest absolute Gasteiger partial charge is 0.256 e. The molecule has 8 heteroatoms. The first kappa shape index (κ1) is 20.7. The molecule has 1 amide bonds. The average Bonchev–Trinajstić information content (AvgIpc) is 2.46. The first-order valence-electron chi connectivity index (χ1n) is 7.10. The van der Waals surface area contributed by atoms with Crippen LogP contribution in [0.5, 0.6) is 11.6 Å². The van der Waals surface area contributed by atoms with Gasteiger partial charge >= 0.3 is 0 Å². The number of aromatic nitrogens is 1. The number of ether oxygens (including phenoxy) is 1. The number of amides is 1. The molecule has 2 aromatic rings. The fourth-order valence-electron chi connectivity index (χ4n) is 2.11. The highest BCUT2D eigenvalue weighted by Gasteiger charge is 2.19. The predicted octanol–water partition coefficient (Wildman–Crippen LogP) is 3.43. The summed E-state index contributed by atoms with van der Waals surface area (Å²) in [5.74, 6) is 1.29.